The molecule has 1 aromatic carbocycles. The Bertz CT molecular complexity index is 601. The largest absolute Gasteiger partial charge is 0.399 e. The van der Waals surface area contributed by atoms with E-state index in [1.54, 1.807) is 30.5 Å². The molecule has 0 bridgehead atoms. The molecular weight excluding hydrogens is 316 g/mol. The molecule has 2 N–H and O–H groups in total. The van der Waals surface area contributed by atoms with Gasteiger partial charge in [-0.05, 0) is 29.8 Å². The summed E-state index contributed by atoms with van der Waals surface area (Å²) < 4.78 is 0.729. The first-order chi connectivity index (χ1) is 8.58. The lowest BCUT2D eigenvalue weighted by molar-refractivity contribution is 0.0992. The number of aromatic nitrogens is 1. The first-order valence-corrected chi connectivity index (χ1v) is 6.41. The number of nitrogen functional groups attached to an aromatic ring is 1. The van der Waals surface area contributed by atoms with Gasteiger partial charge in [0.05, 0.1) is 5.02 Å². The van der Waals surface area contributed by atoms with Gasteiger partial charge in [0, 0.05) is 34.5 Å². The second kappa shape index (κ2) is 5.50. The van der Waals surface area contributed by atoms with E-state index in [0.29, 0.717) is 16.3 Å². The molecule has 0 radical (unpaired) electrons. The maximum atomic E-state index is 12.2. The Morgan fingerprint density at radius 2 is 2.17 bits per heavy atom. The summed E-state index contributed by atoms with van der Waals surface area (Å²) in [5.41, 5.74) is 7.55. The van der Waals surface area contributed by atoms with Crippen molar-refractivity contribution in [2.45, 2.75) is 6.42 Å². The van der Waals surface area contributed by atoms with Gasteiger partial charge in [0.15, 0.2) is 5.78 Å². The zero-order valence-electron chi connectivity index (χ0n) is 9.36. The molecule has 2 rings (SSSR count). The quantitative estimate of drug-likeness (QED) is 0.694. The lowest BCUT2D eigenvalue weighted by Crippen LogP contribution is -2.06. The number of halogens is 2. The van der Waals surface area contributed by atoms with Gasteiger partial charge in [-0.15, -0.1) is 0 Å². The lowest BCUT2D eigenvalue weighted by Gasteiger charge is -2.06. The zero-order chi connectivity index (χ0) is 13.1. The SMILES string of the molecule is Nc1ccc(Br)c(C(=O)Cc2ccncc2Cl)c1. The van der Waals surface area contributed by atoms with Crippen LogP contribution in [0.1, 0.15) is 15.9 Å². The number of nitrogens with zero attached hydrogens (tertiary/aromatic N) is 1. The summed E-state index contributed by atoms with van der Waals surface area (Å²) in [4.78, 5) is 16.1. The lowest BCUT2D eigenvalue weighted by atomic mass is 10.0. The first kappa shape index (κ1) is 13.1. The van der Waals surface area contributed by atoms with Crippen molar-refractivity contribution >= 4 is 39.0 Å². The molecule has 0 atom stereocenters. The molecule has 0 saturated carbocycles. The Kier molecular flexibility index (Phi) is 3.99. The van der Waals surface area contributed by atoms with Crippen LogP contribution in [-0.4, -0.2) is 10.8 Å². The molecule has 5 heteroatoms. The van der Waals surface area contributed by atoms with Crippen molar-refractivity contribution in [1.29, 1.82) is 0 Å². The Balaban J connectivity index is 2.28. The van der Waals surface area contributed by atoms with Crippen LogP contribution in [0.15, 0.2) is 41.1 Å². The van der Waals surface area contributed by atoms with Crippen molar-refractivity contribution in [3.63, 3.8) is 0 Å². The van der Waals surface area contributed by atoms with Gasteiger partial charge in [0.25, 0.3) is 0 Å². The highest BCUT2D eigenvalue weighted by Crippen LogP contribution is 2.23. The van der Waals surface area contributed by atoms with Crippen LogP contribution in [0.2, 0.25) is 5.02 Å². The highest BCUT2D eigenvalue weighted by molar-refractivity contribution is 9.10. The van der Waals surface area contributed by atoms with Crippen LogP contribution in [0.4, 0.5) is 5.69 Å². The molecule has 0 fully saturated rings. The fourth-order valence-electron chi connectivity index (χ4n) is 1.57. The molecule has 0 aliphatic carbocycles. The normalized spacial score (nSPS) is 10.3. The van der Waals surface area contributed by atoms with E-state index in [4.69, 9.17) is 17.3 Å². The van der Waals surface area contributed by atoms with E-state index in [-0.39, 0.29) is 12.2 Å². The number of hydrogen-bond donors (Lipinski definition) is 1. The summed E-state index contributed by atoms with van der Waals surface area (Å²) in [5.74, 6) is -0.0396. The molecule has 18 heavy (non-hydrogen) atoms. The molecule has 1 heterocycles. The Labute approximate surface area is 118 Å². The van der Waals surface area contributed by atoms with Crippen molar-refractivity contribution in [3.05, 3.63) is 57.3 Å². The van der Waals surface area contributed by atoms with Gasteiger partial charge >= 0.3 is 0 Å². The van der Waals surface area contributed by atoms with Crippen molar-refractivity contribution in [2.24, 2.45) is 0 Å². The smallest absolute Gasteiger partial charge is 0.168 e. The maximum Gasteiger partial charge on any atom is 0.168 e. The third-order valence-electron chi connectivity index (χ3n) is 2.50. The topological polar surface area (TPSA) is 56.0 Å². The number of carbonyl (C=O) groups excluding carboxylic acids is 1. The van der Waals surface area contributed by atoms with Gasteiger partial charge in [-0.2, -0.15) is 0 Å². The minimum absolute atomic E-state index is 0.0396. The standard InChI is InChI=1S/C13H10BrClN2O/c14-11-2-1-9(16)6-10(11)13(18)5-8-3-4-17-7-12(8)15/h1-4,6-7H,5,16H2. The molecule has 3 nitrogen and oxygen atoms in total. The second-order valence-electron chi connectivity index (χ2n) is 3.81. The molecule has 0 amide bonds. The maximum absolute atomic E-state index is 12.2. The van der Waals surface area contributed by atoms with E-state index in [0.717, 1.165) is 10.0 Å². The Morgan fingerprint density at radius 1 is 1.39 bits per heavy atom. The molecule has 92 valence electrons. The minimum atomic E-state index is -0.0396. The number of hydrogen-bond acceptors (Lipinski definition) is 3. The van der Waals surface area contributed by atoms with Crippen LogP contribution in [0.3, 0.4) is 0 Å². The van der Waals surface area contributed by atoms with E-state index in [1.165, 1.54) is 6.20 Å². The summed E-state index contributed by atoms with van der Waals surface area (Å²) in [6.45, 7) is 0. The number of carbonyl (C=O) groups is 1. The number of nitrogens with two attached hydrogens (primary N) is 1. The Hall–Kier alpha value is -1.39. The van der Waals surface area contributed by atoms with Crippen LogP contribution in [0.5, 0.6) is 0 Å². The third-order valence-corrected chi connectivity index (χ3v) is 3.53. The summed E-state index contributed by atoms with van der Waals surface area (Å²) in [5, 5.41) is 0.492. The summed E-state index contributed by atoms with van der Waals surface area (Å²) in [6.07, 6.45) is 3.37. The number of rotatable bonds is 3. The highest BCUT2D eigenvalue weighted by Gasteiger charge is 2.13. The average Bonchev–Trinajstić information content (AvgIpc) is 2.35. The molecule has 0 unspecified atom stereocenters. The fraction of sp³-hybridized carbons (Fsp3) is 0.0769. The fourth-order valence-corrected chi connectivity index (χ4v) is 2.23. The first-order valence-electron chi connectivity index (χ1n) is 5.24. The van der Waals surface area contributed by atoms with Crippen LogP contribution in [0.25, 0.3) is 0 Å². The van der Waals surface area contributed by atoms with E-state index in [2.05, 4.69) is 20.9 Å². The van der Waals surface area contributed by atoms with Crippen molar-refractivity contribution in [3.8, 4) is 0 Å². The van der Waals surface area contributed by atoms with E-state index >= 15 is 0 Å². The highest BCUT2D eigenvalue weighted by atomic mass is 79.9. The van der Waals surface area contributed by atoms with Crippen molar-refractivity contribution in [1.82, 2.24) is 4.98 Å². The van der Waals surface area contributed by atoms with Crippen LogP contribution in [0, 0.1) is 0 Å². The number of pyridine rings is 1. The number of anilines is 1. The summed E-state index contributed by atoms with van der Waals surface area (Å²) >= 11 is 9.32. The van der Waals surface area contributed by atoms with Crippen molar-refractivity contribution in [2.75, 3.05) is 5.73 Å². The second-order valence-corrected chi connectivity index (χ2v) is 5.07. The molecule has 2 aromatic rings. The number of ketones is 1. The van der Waals surface area contributed by atoms with Crippen LogP contribution < -0.4 is 5.73 Å². The van der Waals surface area contributed by atoms with E-state index in [9.17, 15) is 4.79 Å². The predicted molar refractivity (Wildman–Crippen MR) is 75.8 cm³/mol. The zero-order valence-corrected chi connectivity index (χ0v) is 11.7. The average molecular weight is 326 g/mol. The molecule has 0 saturated heterocycles. The molecule has 0 aliphatic rings. The van der Waals surface area contributed by atoms with Gasteiger partial charge in [0.2, 0.25) is 0 Å². The molecule has 0 spiro atoms. The molecule has 0 aliphatic heterocycles. The van der Waals surface area contributed by atoms with Crippen LogP contribution in [-0.2, 0) is 6.42 Å². The number of Topliss-reactive ketones (excluding diaryl/α,β-unsaturated/α-hetero) is 1. The van der Waals surface area contributed by atoms with Gasteiger partial charge in [0.1, 0.15) is 0 Å². The van der Waals surface area contributed by atoms with Gasteiger partial charge < -0.3 is 5.73 Å². The summed E-state index contributed by atoms with van der Waals surface area (Å²) in [6, 6.07) is 6.89. The minimum Gasteiger partial charge on any atom is -0.399 e. The monoisotopic (exact) mass is 324 g/mol. The van der Waals surface area contributed by atoms with E-state index in [1.807, 2.05) is 0 Å². The van der Waals surface area contributed by atoms with Crippen LogP contribution >= 0.6 is 27.5 Å². The number of benzene rings is 1. The predicted octanol–water partition coefficient (Wildman–Crippen LogP) is 3.51. The molecule has 1 aromatic heterocycles. The van der Waals surface area contributed by atoms with Gasteiger partial charge in [-0.25, -0.2) is 0 Å². The summed E-state index contributed by atoms with van der Waals surface area (Å²) in [7, 11) is 0. The molecular formula is C13H10BrClN2O. The van der Waals surface area contributed by atoms with E-state index < -0.39 is 0 Å². The van der Waals surface area contributed by atoms with Crippen molar-refractivity contribution < 1.29 is 4.79 Å². The van der Waals surface area contributed by atoms with Gasteiger partial charge in [-0.3, -0.25) is 9.78 Å². The third kappa shape index (κ3) is 2.89. The van der Waals surface area contributed by atoms with Gasteiger partial charge in [-0.1, -0.05) is 27.5 Å². The Morgan fingerprint density at radius 3 is 2.89 bits per heavy atom.